The standard InChI is InChI=1S/C16H15BrO3/c1-10(18)11-5-4-6-12(9-11)13-7-8-14(19-2)15(17)16(13)20-3/h4-9H,1-3H3. The van der Waals surface area contributed by atoms with Crippen molar-refractivity contribution in [3.05, 3.63) is 46.4 Å². The zero-order valence-corrected chi connectivity index (χ0v) is 13.2. The number of halogens is 1. The zero-order valence-electron chi connectivity index (χ0n) is 11.6. The third-order valence-electron chi connectivity index (χ3n) is 3.07. The molecule has 2 aromatic rings. The van der Waals surface area contributed by atoms with Gasteiger partial charge in [-0.15, -0.1) is 0 Å². The Bertz CT molecular complexity index is 650. The lowest BCUT2D eigenvalue weighted by Crippen LogP contribution is -1.95. The van der Waals surface area contributed by atoms with Gasteiger partial charge in [0, 0.05) is 11.1 Å². The lowest BCUT2D eigenvalue weighted by atomic mass is 10.0. The van der Waals surface area contributed by atoms with Crippen molar-refractivity contribution in [1.82, 2.24) is 0 Å². The molecule has 2 rings (SSSR count). The summed E-state index contributed by atoms with van der Waals surface area (Å²) in [4.78, 5) is 11.5. The molecule has 0 amide bonds. The van der Waals surface area contributed by atoms with Crippen molar-refractivity contribution in [3.63, 3.8) is 0 Å². The van der Waals surface area contributed by atoms with Crippen molar-refractivity contribution in [1.29, 1.82) is 0 Å². The minimum atomic E-state index is 0.0402. The second kappa shape index (κ2) is 6.09. The van der Waals surface area contributed by atoms with Gasteiger partial charge in [0.25, 0.3) is 0 Å². The normalized spacial score (nSPS) is 10.2. The molecular formula is C16H15BrO3. The van der Waals surface area contributed by atoms with E-state index in [9.17, 15) is 4.79 Å². The Hall–Kier alpha value is -1.81. The van der Waals surface area contributed by atoms with Gasteiger partial charge in [-0.05, 0) is 46.6 Å². The van der Waals surface area contributed by atoms with Crippen LogP contribution >= 0.6 is 15.9 Å². The molecule has 0 saturated heterocycles. The molecule has 0 fully saturated rings. The fraction of sp³-hybridized carbons (Fsp3) is 0.188. The minimum Gasteiger partial charge on any atom is -0.495 e. The summed E-state index contributed by atoms with van der Waals surface area (Å²) < 4.78 is 11.5. The van der Waals surface area contributed by atoms with Crippen molar-refractivity contribution < 1.29 is 14.3 Å². The highest BCUT2D eigenvalue weighted by Gasteiger charge is 2.14. The van der Waals surface area contributed by atoms with E-state index in [4.69, 9.17) is 9.47 Å². The SMILES string of the molecule is COc1ccc(-c2cccc(C(C)=O)c2)c(OC)c1Br. The number of hydrogen-bond donors (Lipinski definition) is 0. The maximum atomic E-state index is 11.5. The monoisotopic (exact) mass is 334 g/mol. The third-order valence-corrected chi connectivity index (χ3v) is 3.82. The Morgan fingerprint density at radius 1 is 1.10 bits per heavy atom. The first kappa shape index (κ1) is 14.6. The van der Waals surface area contributed by atoms with E-state index >= 15 is 0 Å². The minimum absolute atomic E-state index is 0.0402. The number of methoxy groups -OCH3 is 2. The Morgan fingerprint density at radius 2 is 1.85 bits per heavy atom. The van der Waals surface area contributed by atoms with Gasteiger partial charge in [-0.2, -0.15) is 0 Å². The summed E-state index contributed by atoms with van der Waals surface area (Å²) in [5, 5.41) is 0. The quantitative estimate of drug-likeness (QED) is 0.780. The number of Topliss-reactive ketones (excluding diaryl/α,β-unsaturated/α-hetero) is 1. The predicted molar refractivity (Wildman–Crippen MR) is 82.7 cm³/mol. The second-order valence-electron chi connectivity index (χ2n) is 4.30. The molecule has 0 aliphatic carbocycles. The van der Waals surface area contributed by atoms with Gasteiger partial charge in [0.05, 0.1) is 14.2 Å². The number of carbonyl (C=O) groups excluding carboxylic acids is 1. The molecule has 0 aliphatic heterocycles. The molecule has 0 bridgehead atoms. The molecule has 0 N–H and O–H groups in total. The van der Waals surface area contributed by atoms with Crippen LogP contribution in [0, 0.1) is 0 Å². The van der Waals surface area contributed by atoms with E-state index in [-0.39, 0.29) is 5.78 Å². The van der Waals surface area contributed by atoms with Crippen molar-refractivity contribution in [2.45, 2.75) is 6.92 Å². The predicted octanol–water partition coefficient (Wildman–Crippen LogP) is 4.34. The first-order valence-electron chi connectivity index (χ1n) is 6.10. The van der Waals surface area contributed by atoms with Crippen LogP contribution in [0.15, 0.2) is 40.9 Å². The molecule has 2 aromatic carbocycles. The topological polar surface area (TPSA) is 35.5 Å². The highest BCUT2D eigenvalue weighted by Crippen LogP contribution is 2.42. The van der Waals surface area contributed by atoms with E-state index in [1.54, 1.807) is 27.2 Å². The lowest BCUT2D eigenvalue weighted by Gasteiger charge is -2.14. The van der Waals surface area contributed by atoms with E-state index in [0.29, 0.717) is 17.1 Å². The summed E-state index contributed by atoms with van der Waals surface area (Å²) in [6.07, 6.45) is 0. The molecule has 20 heavy (non-hydrogen) atoms. The summed E-state index contributed by atoms with van der Waals surface area (Å²) in [5.41, 5.74) is 2.51. The molecule has 0 unspecified atom stereocenters. The summed E-state index contributed by atoms with van der Waals surface area (Å²) in [7, 11) is 3.22. The van der Waals surface area contributed by atoms with Crippen LogP contribution in [0.3, 0.4) is 0 Å². The molecule has 104 valence electrons. The number of hydrogen-bond acceptors (Lipinski definition) is 3. The molecule has 0 aromatic heterocycles. The lowest BCUT2D eigenvalue weighted by molar-refractivity contribution is 0.101. The highest BCUT2D eigenvalue weighted by atomic mass is 79.9. The molecule has 0 saturated carbocycles. The maximum Gasteiger partial charge on any atom is 0.159 e. The number of rotatable bonds is 4. The number of benzene rings is 2. The summed E-state index contributed by atoms with van der Waals surface area (Å²) in [6.45, 7) is 1.56. The van der Waals surface area contributed by atoms with Crippen molar-refractivity contribution >= 4 is 21.7 Å². The molecule has 0 radical (unpaired) electrons. The van der Waals surface area contributed by atoms with Crippen LogP contribution in [0.2, 0.25) is 0 Å². The Labute approximate surface area is 126 Å². The number of ether oxygens (including phenoxy) is 2. The van der Waals surface area contributed by atoms with Crippen molar-refractivity contribution in [2.75, 3.05) is 14.2 Å². The fourth-order valence-electron chi connectivity index (χ4n) is 2.03. The van der Waals surface area contributed by atoms with Crippen molar-refractivity contribution in [3.8, 4) is 22.6 Å². The Kier molecular flexibility index (Phi) is 4.45. The molecule has 4 heteroatoms. The van der Waals surface area contributed by atoms with Crippen LogP contribution in [0.25, 0.3) is 11.1 Å². The summed E-state index contributed by atoms with van der Waals surface area (Å²) in [5.74, 6) is 1.43. The molecular weight excluding hydrogens is 320 g/mol. The first-order chi connectivity index (χ1) is 9.58. The molecule has 0 atom stereocenters. The fourth-order valence-corrected chi connectivity index (χ4v) is 2.70. The van der Waals surface area contributed by atoms with Gasteiger partial charge in [-0.3, -0.25) is 4.79 Å². The van der Waals surface area contributed by atoms with Gasteiger partial charge in [0.15, 0.2) is 5.78 Å². The second-order valence-corrected chi connectivity index (χ2v) is 5.09. The molecule has 0 heterocycles. The maximum absolute atomic E-state index is 11.5. The number of ketones is 1. The third kappa shape index (κ3) is 2.70. The highest BCUT2D eigenvalue weighted by molar-refractivity contribution is 9.10. The summed E-state index contributed by atoms with van der Waals surface area (Å²) >= 11 is 3.48. The Morgan fingerprint density at radius 3 is 2.45 bits per heavy atom. The smallest absolute Gasteiger partial charge is 0.159 e. The van der Waals surface area contributed by atoms with Crippen LogP contribution in [0.5, 0.6) is 11.5 Å². The average Bonchev–Trinajstić information content (AvgIpc) is 2.47. The van der Waals surface area contributed by atoms with E-state index in [2.05, 4.69) is 15.9 Å². The van der Waals surface area contributed by atoms with Gasteiger partial charge in [-0.1, -0.05) is 18.2 Å². The van der Waals surface area contributed by atoms with Crippen LogP contribution < -0.4 is 9.47 Å². The molecule has 0 aliphatic rings. The largest absolute Gasteiger partial charge is 0.495 e. The number of carbonyl (C=O) groups is 1. The van der Waals surface area contributed by atoms with E-state index in [0.717, 1.165) is 15.6 Å². The molecule has 3 nitrogen and oxygen atoms in total. The van der Waals surface area contributed by atoms with Crippen LogP contribution in [-0.2, 0) is 0 Å². The van der Waals surface area contributed by atoms with Gasteiger partial charge in [0.2, 0.25) is 0 Å². The Balaban J connectivity index is 2.60. The van der Waals surface area contributed by atoms with Gasteiger partial charge in [0.1, 0.15) is 16.0 Å². The van der Waals surface area contributed by atoms with Gasteiger partial charge < -0.3 is 9.47 Å². The average molecular weight is 335 g/mol. The van der Waals surface area contributed by atoms with E-state index in [1.807, 2.05) is 30.3 Å². The van der Waals surface area contributed by atoms with Gasteiger partial charge in [-0.25, -0.2) is 0 Å². The van der Waals surface area contributed by atoms with Crippen LogP contribution in [-0.4, -0.2) is 20.0 Å². The summed E-state index contributed by atoms with van der Waals surface area (Å²) in [6, 6.07) is 11.3. The van der Waals surface area contributed by atoms with Crippen LogP contribution in [0.4, 0.5) is 0 Å². The zero-order chi connectivity index (χ0) is 14.7. The van der Waals surface area contributed by atoms with Crippen molar-refractivity contribution in [2.24, 2.45) is 0 Å². The van der Waals surface area contributed by atoms with Gasteiger partial charge >= 0.3 is 0 Å². The molecule has 0 spiro atoms. The van der Waals surface area contributed by atoms with Crippen LogP contribution in [0.1, 0.15) is 17.3 Å². The first-order valence-corrected chi connectivity index (χ1v) is 6.89. The van der Waals surface area contributed by atoms with E-state index < -0.39 is 0 Å². The van der Waals surface area contributed by atoms with E-state index in [1.165, 1.54) is 0 Å².